The molecule has 1 N–H and O–H groups in total. The standard InChI is InChI=1S/C17H21N7O2S/c1-10-19-20-16(27-10)8-18-14-7-15(22-24(3)17(14)25)26-9-11-6-12(11)13-4-5-23(2)21-13/h4-5,7,11-12,18H,6,8-9H2,1-3H3. The van der Waals surface area contributed by atoms with Crippen LogP contribution in [0.2, 0.25) is 0 Å². The van der Waals surface area contributed by atoms with E-state index in [1.165, 1.54) is 16.0 Å². The van der Waals surface area contributed by atoms with Crippen LogP contribution in [-0.4, -0.2) is 36.4 Å². The summed E-state index contributed by atoms with van der Waals surface area (Å²) in [7, 11) is 3.53. The molecule has 10 heteroatoms. The van der Waals surface area contributed by atoms with Crippen molar-refractivity contribution in [3.63, 3.8) is 0 Å². The molecule has 4 rings (SSSR count). The van der Waals surface area contributed by atoms with Crippen LogP contribution in [0.15, 0.2) is 23.1 Å². The predicted molar refractivity (Wildman–Crippen MR) is 101 cm³/mol. The second-order valence-electron chi connectivity index (χ2n) is 6.72. The maximum Gasteiger partial charge on any atom is 0.290 e. The van der Waals surface area contributed by atoms with Crippen molar-refractivity contribution in [2.24, 2.45) is 20.0 Å². The van der Waals surface area contributed by atoms with Gasteiger partial charge in [-0.2, -0.15) is 5.10 Å². The molecule has 142 valence electrons. The molecule has 0 amide bonds. The molecular weight excluding hydrogens is 366 g/mol. The summed E-state index contributed by atoms with van der Waals surface area (Å²) in [6.07, 6.45) is 3.02. The van der Waals surface area contributed by atoms with Crippen molar-refractivity contribution in [1.29, 1.82) is 0 Å². The molecule has 1 fully saturated rings. The highest BCUT2D eigenvalue weighted by molar-refractivity contribution is 7.11. The summed E-state index contributed by atoms with van der Waals surface area (Å²) >= 11 is 1.50. The van der Waals surface area contributed by atoms with Crippen LogP contribution in [0.1, 0.15) is 28.0 Å². The second kappa shape index (κ2) is 7.10. The molecule has 2 atom stereocenters. The Bertz CT molecular complexity index is 1010. The lowest BCUT2D eigenvalue weighted by atomic mass is 10.2. The van der Waals surface area contributed by atoms with Gasteiger partial charge in [-0.15, -0.1) is 15.3 Å². The van der Waals surface area contributed by atoms with Crippen molar-refractivity contribution in [1.82, 2.24) is 29.8 Å². The minimum absolute atomic E-state index is 0.207. The van der Waals surface area contributed by atoms with Crippen molar-refractivity contribution in [3.05, 3.63) is 44.4 Å². The molecule has 3 heterocycles. The van der Waals surface area contributed by atoms with Gasteiger partial charge < -0.3 is 10.1 Å². The van der Waals surface area contributed by atoms with E-state index in [1.54, 1.807) is 13.1 Å². The number of anilines is 1. The molecule has 1 aliphatic rings. The summed E-state index contributed by atoms with van der Waals surface area (Å²) in [4.78, 5) is 12.3. The molecular formula is C17H21N7O2S. The smallest absolute Gasteiger partial charge is 0.290 e. The Balaban J connectivity index is 1.38. The lowest BCUT2D eigenvalue weighted by molar-refractivity contribution is 0.278. The second-order valence-corrected chi connectivity index (χ2v) is 7.99. The zero-order valence-corrected chi connectivity index (χ0v) is 16.2. The van der Waals surface area contributed by atoms with Gasteiger partial charge in [0.1, 0.15) is 15.7 Å². The highest BCUT2D eigenvalue weighted by Gasteiger charge is 2.40. The fraction of sp³-hybridized carbons (Fsp3) is 0.471. The van der Waals surface area contributed by atoms with Crippen molar-refractivity contribution < 1.29 is 4.74 Å². The van der Waals surface area contributed by atoms with Gasteiger partial charge in [-0.25, -0.2) is 4.68 Å². The molecule has 1 aliphatic carbocycles. The van der Waals surface area contributed by atoms with E-state index in [2.05, 4.69) is 25.7 Å². The molecule has 3 aromatic rings. The SMILES string of the molecule is Cc1nnc(CNc2cc(OCC3CC3c3ccn(C)n3)nn(C)c2=O)s1. The Morgan fingerprint density at radius 1 is 1.33 bits per heavy atom. The number of nitrogens with one attached hydrogen (secondary N) is 1. The van der Waals surface area contributed by atoms with Crippen LogP contribution < -0.4 is 15.6 Å². The average molecular weight is 387 g/mol. The van der Waals surface area contributed by atoms with Gasteiger partial charge in [0.05, 0.1) is 18.8 Å². The molecule has 27 heavy (non-hydrogen) atoms. The average Bonchev–Trinajstić information content (AvgIpc) is 3.09. The van der Waals surface area contributed by atoms with Crippen LogP contribution >= 0.6 is 11.3 Å². The third-order valence-electron chi connectivity index (χ3n) is 4.52. The summed E-state index contributed by atoms with van der Waals surface area (Å²) in [6, 6.07) is 3.70. The molecule has 2 unspecified atom stereocenters. The minimum atomic E-state index is -0.207. The van der Waals surface area contributed by atoms with Crippen LogP contribution in [0, 0.1) is 12.8 Å². The highest BCUT2D eigenvalue weighted by atomic mass is 32.1. The Kier molecular flexibility index (Phi) is 4.65. The van der Waals surface area contributed by atoms with Crippen molar-refractivity contribution in [2.75, 3.05) is 11.9 Å². The Labute approximate surface area is 160 Å². The van der Waals surface area contributed by atoms with E-state index in [0.717, 1.165) is 22.1 Å². The van der Waals surface area contributed by atoms with Crippen LogP contribution in [0.5, 0.6) is 5.88 Å². The number of nitrogens with zero attached hydrogens (tertiary/aromatic N) is 6. The van der Waals surface area contributed by atoms with Crippen LogP contribution in [-0.2, 0) is 20.6 Å². The summed E-state index contributed by atoms with van der Waals surface area (Å²) in [5, 5.41) is 21.5. The summed E-state index contributed by atoms with van der Waals surface area (Å²) in [6.45, 7) is 2.89. The fourth-order valence-corrected chi connectivity index (χ4v) is 3.62. The largest absolute Gasteiger partial charge is 0.476 e. The molecule has 0 aromatic carbocycles. The predicted octanol–water partition coefficient (Wildman–Crippen LogP) is 1.47. The molecule has 1 saturated carbocycles. The van der Waals surface area contributed by atoms with E-state index >= 15 is 0 Å². The van der Waals surface area contributed by atoms with Gasteiger partial charge >= 0.3 is 0 Å². The first-order chi connectivity index (χ1) is 13.0. The first-order valence-electron chi connectivity index (χ1n) is 8.73. The van der Waals surface area contributed by atoms with E-state index in [0.29, 0.717) is 36.6 Å². The normalized spacial score (nSPS) is 18.5. The van der Waals surface area contributed by atoms with Crippen LogP contribution in [0.25, 0.3) is 0 Å². The Morgan fingerprint density at radius 2 is 2.19 bits per heavy atom. The number of rotatable bonds is 7. The molecule has 0 bridgehead atoms. The van der Waals surface area contributed by atoms with E-state index in [9.17, 15) is 4.79 Å². The number of aryl methyl sites for hydroxylation is 3. The van der Waals surface area contributed by atoms with Gasteiger partial charge in [-0.1, -0.05) is 11.3 Å². The van der Waals surface area contributed by atoms with Crippen molar-refractivity contribution in [2.45, 2.75) is 25.8 Å². The lowest BCUT2D eigenvalue weighted by Crippen LogP contribution is -2.24. The maximum atomic E-state index is 12.3. The number of hydrogen-bond acceptors (Lipinski definition) is 8. The van der Waals surface area contributed by atoms with Crippen LogP contribution in [0.4, 0.5) is 5.69 Å². The Morgan fingerprint density at radius 3 is 2.89 bits per heavy atom. The van der Waals surface area contributed by atoms with E-state index in [-0.39, 0.29) is 5.56 Å². The van der Waals surface area contributed by atoms with E-state index in [1.807, 2.05) is 30.9 Å². The van der Waals surface area contributed by atoms with Crippen LogP contribution in [0.3, 0.4) is 0 Å². The molecule has 0 aliphatic heterocycles. The molecule has 0 radical (unpaired) electrons. The number of hydrogen-bond donors (Lipinski definition) is 1. The topological polar surface area (TPSA) is 99.8 Å². The maximum absolute atomic E-state index is 12.3. The molecule has 0 spiro atoms. The minimum Gasteiger partial charge on any atom is -0.476 e. The van der Waals surface area contributed by atoms with Gasteiger partial charge in [-0.3, -0.25) is 9.48 Å². The molecule has 9 nitrogen and oxygen atoms in total. The monoisotopic (exact) mass is 387 g/mol. The Hall–Kier alpha value is -2.75. The third-order valence-corrected chi connectivity index (χ3v) is 5.36. The lowest BCUT2D eigenvalue weighted by Gasteiger charge is -2.09. The van der Waals surface area contributed by atoms with Gasteiger partial charge in [0.15, 0.2) is 0 Å². The third kappa shape index (κ3) is 4.00. The molecule has 0 saturated heterocycles. The first kappa shape index (κ1) is 17.7. The van der Waals surface area contributed by atoms with Crippen molar-refractivity contribution >= 4 is 17.0 Å². The quantitative estimate of drug-likeness (QED) is 0.655. The number of aromatic nitrogens is 6. The molecule has 3 aromatic heterocycles. The highest BCUT2D eigenvalue weighted by Crippen LogP contribution is 2.46. The fourth-order valence-electron chi connectivity index (χ4n) is 2.98. The van der Waals surface area contributed by atoms with Gasteiger partial charge in [0.25, 0.3) is 5.56 Å². The van der Waals surface area contributed by atoms with Crippen molar-refractivity contribution in [3.8, 4) is 5.88 Å². The van der Waals surface area contributed by atoms with E-state index in [4.69, 9.17) is 4.74 Å². The zero-order chi connectivity index (χ0) is 19.0. The van der Waals surface area contributed by atoms with Gasteiger partial charge in [0, 0.05) is 38.2 Å². The summed E-state index contributed by atoms with van der Waals surface area (Å²) in [5.74, 6) is 1.30. The van der Waals surface area contributed by atoms with Gasteiger partial charge in [0.2, 0.25) is 5.88 Å². The zero-order valence-electron chi connectivity index (χ0n) is 15.4. The number of ether oxygens (including phenoxy) is 1. The summed E-state index contributed by atoms with van der Waals surface area (Å²) in [5.41, 5.74) is 1.34. The van der Waals surface area contributed by atoms with Gasteiger partial charge in [-0.05, 0) is 19.4 Å². The summed E-state index contributed by atoms with van der Waals surface area (Å²) < 4.78 is 8.95. The van der Waals surface area contributed by atoms with E-state index < -0.39 is 0 Å². The first-order valence-corrected chi connectivity index (χ1v) is 9.55.